The number of rotatable bonds is 0. The molecule has 1 aliphatic rings. The highest BCUT2D eigenvalue weighted by Crippen LogP contribution is 2.18. The second-order valence-electron chi connectivity index (χ2n) is 6.15. The Bertz CT molecular complexity index is 210. The van der Waals surface area contributed by atoms with Gasteiger partial charge in [-0.3, -0.25) is 4.79 Å². The van der Waals surface area contributed by atoms with E-state index in [1.807, 2.05) is 0 Å². The van der Waals surface area contributed by atoms with Crippen LogP contribution in [0.3, 0.4) is 0 Å². The summed E-state index contributed by atoms with van der Waals surface area (Å²) in [5.74, 6) is 0.833. The van der Waals surface area contributed by atoms with Crippen LogP contribution >= 0.6 is 0 Å². The van der Waals surface area contributed by atoms with Crippen molar-refractivity contribution in [3.8, 4) is 0 Å². The summed E-state index contributed by atoms with van der Waals surface area (Å²) >= 11 is 0. The van der Waals surface area contributed by atoms with E-state index in [1.54, 1.807) is 0 Å². The number of carbonyl (C=O) groups is 1. The highest BCUT2D eigenvalue weighted by Gasteiger charge is 2.11. The van der Waals surface area contributed by atoms with Crippen LogP contribution in [0.5, 0.6) is 0 Å². The Kier molecular flexibility index (Phi) is 9.24. The van der Waals surface area contributed by atoms with Gasteiger partial charge in [0.1, 0.15) is 5.78 Å². The summed E-state index contributed by atoms with van der Waals surface area (Å²) in [5.41, 5.74) is 0. The minimum Gasteiger partial charge on any atom is -0.299 e. The minimum atomic E-state index is 0.318. The molecule has 0 bridgehead atoms. The SMILES string of the molecule is CC1CCCCCCCCCCCCCCC1=O. The summed E-state index contributed by atoms with van der Waals surface area (Å²) in [6, 6.07) is 0. The Hall–Kier alpha value is -0.330. The second kappa shape index (κ2) is 10.6. The Morgan fingerprint density at radius 1 is 0.667 bits per heavy atom. The zero-order valence-corrected chi connectivity index (χ0v) is 12.4. The van der Waals surface area contributed by atoms with Gasteiger partial charge in [-0.15, -0.1) is 0 Å². The van der Waals surface area contributed by atoms with Gasteiger partial charge in [-0.25, -0.2) is 0 Å². The van der Waals surface area contributed by atoms with Crippen LogP contribution in [0.2, 0.25) is 0 Å². The first-order valence-corrected chi connectivity index (χ1v) is 8.33. The van der Waals surface area contributed by atoms with E-state index in [2.05, 4.69) is 6.92 Å². The van der Waals surface area contributed by atoms with E-state index in [0.29, 0.717) is 11.7 Å². The fourth-order valence-electron chi connectivity index (χ4n) is 2.92. The Labute approximate surface area is 114 Å². The highest BCUT2D eigenvalue weighted by atomic mass is 16.1. The Balaban J connectivity index is 2.22. The molecule has 0 radical (unpaired) electrons. The summed E-state index contributed by atoms with van der Waals surface area (Å²) in [6.45, 7) is 2.13. The van der Waals surface area contributed by atoms with Crippen molar-refractivity contribution >= 4 is 5.78 Å². The third kappa shape index (κ3) is 7.89. The molecule has 0 aromatic rings. The van der Waals surface area contributed by atoms with Crippen molar-refractivity contribution in [3.63, 3.8) is 0 Å². The fraction of sp³-hybridized carbons (Fsp3) is 0.941. The van der Waals surface area contributed by atoms with Gasteiger partial charge in [-0.2, -0.15) is 0 Å². The van der Waals surface area contributed by atoms with Gasteiger partial charge < -0.3 is 0 Å². The van der Waals surface area contributed by atoms with Crippen LogP contribution in [0.1, 0.15) is 96.8 Å². The molecule has 1 aliphatic carbocycles. The molecule has 1 saturated carbocycles. The lowest BCUT2D eigenvalue weighted by Crippen LogP contribution is -2.10. The third-order valence-corrected chi connectivity index (χ3v) is 4.36. The first-order valence-electron chi connectivity index (χ1n) is 8.33. The van der Waals surface area contributed by atoms with Gasteiger partial charge in [0.05, 0.1) is 0 Å². The molecule has 0 saturated heterocycles. The number of Topliss-reactive ketones (excluding diaryl/α,β-unsaturated/α-hetero) is 1. The molecule has 1 atom stereocenters. The van der Waals surface area contributed by atoms with Crippen molar-refractivity contribution in [1.29, 1.82) is 0 Å². The van der Waals surface area contributed by atoms with Crippen LogP contribution in [-0.4, -0.2) is 5.78 Å². The summed E-state index contributed by atoms with van der Waals surface area (Å²) in [7, 11) is 0. The second-order valence-corrected chi connectivity index (χ2v) is 6.15. The first kappa shape index (κ1) is 15.7. The van der Waals surface area contributed by atoms with Crippen LogP contribution in [-0.2, 0) is 4.79 Å². The van der Waals surface area contributed by atoms with Crippen LogP contribution in [0.15, 0.2) is 0 Å². The Morgan fingerprint density at radius 2 is 1.06 bits per heavy atom. The van der Waals surface area contributed by atoms with Crippen molar-refractivity contribution < 1.29 is 4.79 Å². The largest absolute Gasteiger partial charge is 0.299 e. The molecule has 0 spiro atoms. The maximum atomic E-state index is 11.9. The number of carbonyl (C=O) groups excluding carboxylic acids is 1. The Morgan fingerprint density at radius 3 is 1.56 bits per heavy atom. The first-order chi connectivity index (χ1) is 8.80. The molecule has 1 fully saturated rings. The lowest BCUT2D eigenvalue weighted by atomic mass is 9.94. The maximum Gasteiger partial charge on any atom is 0.135 e. The molecular weight excluding hydrogens is 220 g/mol. The molecule has 0 aromatic heterocycles. The predicted octanol–water partition coefficient (Wildman–Crippen LogP) is 5.67. The van der Waals surface area contributed by atoms with Gasteiger partial charge in [-0.05, 0) is 12.8 Å². The number of ketones is 1. The lowest BCUT2D eigenvalue weighted by molar-refractivity contribution is -0.122. The standard InChI is InChI=1S/C17H32O/c1-16-14-12-10-8-6-4-2-3-5-7-9-11-13-15-17(16)18/h16H,2-15H2,1H3. The summed E-state index contributed by atoms with van der Waals surface area (Å²) in [5, 5.41) is 0. The quantitative estimate of drug-likeness (QED) is 0.543. The van der Waals surface area contributed by atoms with Gasteiger partial charge >= 0.3 is 0 Å². The summed E-state index contributed by atoms with van der Waals surface area (Å²) < 4.78 is 0. The lowest BCUT2D eigenvalue weighted by Gasteiger charge is -2.11. The maximum absolute atomic E-state index is 11.9. The molecule has 1 unspecified atom stereocenters. The van der Waals surface area contributed by atoms with Crippen LogP contribution in [0, 0.1) is 5.92 Å². The number of hydrogen-bond acceptors (Lipinski definition) is 1. The third-order valence-electron chi connectivity index (χ3n) is 4.36. The fourth-order valence-corrected chi connectivity index (χ4v) is 2.92. The minimum absolute atomic E-state index is 0.318. The van der Waals surface area contributed by atoms with E-state index in [-0.39, 0.29) is 0 Å². The molecule has 0 amide bonds. The normalized spacial score (nSPS) is 26.9. The smallest absolute Gasteiger partial charge is 0.135 e. The average molecular weight is 252 g/mol. The molecule has 0 heterocycles. The molecular formula is C17H32O. The molecule has 1 nitrogen and oxygen atoms in total. The van der Waals surface area contributed by atoms with Gasteiger partial charge in [-0.1, -0.05) is 77.6 Å². The van der Waals surface area contributed by atoms with E-state index in [9.17, 15) is 4.79 Å². The molecule has 0 N–H and O–H groups in total. The van der Waals surface area contributed by atoms with Gasteiger partial charge in [0.25, 0.3) is 0 Å². The van der Waals surface area contributed by atoms with Crippen molar-refractivity contribution in [3.05, 3.63) is 0 Å². The van der Waals surface area contributed by atoms with Gasteiger partial charge in [0.15, 0.2) is 0 Å². The molecule has 18 heavy (non-hydrogen) atoms. The van der Waals surface area contributed by atoms with E-state index in [4.69, 9.17) is 0 Å². The predicted molar refractivity (Wildman–Crippen MR) is 78.8 cm³/mol. The molecule has 0 aliphatic heterocycles. The molecule has 1 heteroatoms. The topological polar surface area (TPSA) is 17.1 Å². The number of hydrogen-bond donors (Lipinski definition) is 0. The molecule has 0 aromatic carbocycles. The zero-order valence-electron chi connectivity index (χ0n) is 12.4. The van der Waals surface area contributed by atoms with E-state index in [0.717, 1.165) is 19.3 Å². The van der Waals surface area contributed by atoms with E-state index in [1.165, 1.54) is 70.6 Å². The highest BCUT2D eigenvalue weighted by molar-refractivity contribution is 5.80. The summed E-state index contributed by atoms with van der Waals surface area (Å²) in [6.07, 6.45) is 18.1. The van der Waals surface area contributed by atoms with E-state index >= 15 is 0 Å². The van der Waals surface area contributed by atoms with Crippen molar-refractivity contribution in [2.45, 2.75) is 96.8 Å². The van der Waals surface area contributed by atoms with Gasteiger partial charge in [0, 0.05) is 12.3 Å². The van der Waals surface area contributed by atoms with E-state index < -0.39 is 0 Å². The van der Waals surface area contributed by atoms with Crippen molar-refractivity contribution in [2.75, 3.05) is 0 Å². The summed E-state index contributed by atoms with van der Waals surface area (Å²) in [4.78, 5) is 11.9. The van der Waals surface area contributed by atoms with Crippen molar-refractivity contribution in [2.24, 2.45) is 5.92 Å². The molecule has 1 rings (SSSR count). The van der Waals surface area contributed by atoms with Crippen molar-refractivity contribution in [1.82, 2.24) is 0 Å². The van der Waals surface area contributed by atoms with Crippen LogP contribution in [0.4, 0.5) is 0 Å². The monoisotopic (exact) mass is 252 g/mol. The van der Waals surface area contributed by atoms with Gasteiger partial charge in [0.2, 0.25) is 0 Å². The van der Waals surface area contributed by atoms with Crippen LogP contribution < -0.4 is 0 Å². The zero-order chi connectivity index (χ0) is 13.1. The van der Waals surface area contributed by atoms with Crippen LogP contribution in [0.25, 0.3) is 0 Å². The molecule has 106 valence electrons. The average Bonchev–Trinajstić information content (AvgIpc) is 2.37.